The van der Waals surface area contributed by atoms with Crippen LogP contribution in [0.3, 0.4) is 0 Å². The molecule has 0 amide bonds. The van der Waals surface area contributed by atoms with E-state index in [-0.39, 0.29) is 16.7 Å². The Morgan fingerprint density at radius 3 is 2.67 bits per heavy atom. The zero-order valence-corrected chi connectivity index (χ0v) is 14.7. The van der Waals surface area contributed by atoms with Gasteiger partial charge in [0.2, 0.25) is 10.0 Å². The highest BCUT2D eigenvalue weighted by molar-refractivity contribution is 7.89. The average Bonchev–Trinajstić information content (AvgIpc) is 3.23. The highest BCUT2D eigenvalue weighted by Gasteiger charge is 2.39. The lowest BCUT2D eigenvalue weighted by Gasteiger charge is -2.23. The minimum Gasteiger partial charge on any atom is -0.497 e. The van der Waals surface area contributed by atoms with E-state index < -0.39 is 10.0 Å². The molecule has 1 fully saturated rings. The lowest BCUT2D eigenvalue weighted by Crippen LogP contribution is -2.31. The molecule has 0 radical (unpaired) electrons. The van der Waals surface area contributed by atoms with Crippen LogP contribution in [0.2, 0.25) is 0 Å². The normalized spacial score (nSPS) is 18.7. The van der Waals surface area contributed by atoms with Crippen LogP contribution in [0.5, 0.6) is 11.5 Å². The zero-order chi connectivity index (χ0) is 17.3. The first-order valence-electron chi connectivity index (χ1n) is 7.64. The van der Waals surface area contributed by atoms with Crippen LogP contribution in [-0.2, 0) is 10.0 Å². The molecule has 1 aliphatic heterocycles. The van der Waals surface area contributed by atoms with Crippen molar-refractivity contribution in [1.82, 2.24) is 9.46 Å². The lowest BCUT2D eigenvalue weighted by molar-refractivity contribution is 0.346. The molecule has 0 aliphatic carbocycles. The first kappa shape index (κ1) is 16.8. The zero-order valence-electron chi connectivity index (χ0n) is 13.9. The third-order valence-electron chi connectivity index (χ3n) is 4.15. The molecule has 24 heavy (non-hydrogen) atoms. The second kappa shape index (κ2) is 6.45. The molecule has 1 aliphatic rings. The Hall–Kier alpha value is -2.06. The van der Waals surface area contributed by atoms with E-state index in [1.807, 2.05) is 0 Å². The molecule has 8 heteroatoms. The monoisotopic (exact) mass is 352 g/mol. The summed E-state index contributed by atoms with van der Waals surface area (Å²) in [7, 11) is -0.813. The van der Waals surface area contributed by atoms with Gasteiger partial charge in [-0.25, -0.2) is 8.42 Å². The number of hydrogen-bond acceptors (Lipinski definition) is 6. The van der Waals surface area contributed by atoms with Crippen molar-refractivity contribution in [1.29, 1.82) is 0 Å². The van der Waals surface area contributed by atoms with Crippen LogP contribution in [0.1, 0.15) is 30.3 Å². The summed E-state index contributed by atoms with van der Waals surface area (Å²) in [5.74, 6) is 1.41. The van der Waals surface area contributed by atoms with Crippen molar-refractivity contribution >= 4 is 10.0 Å². The highest BCUT2D eigenvalue weighted by atomic mass is 32.2. The van der Waals surface area contributed by atoms with E-state index in [1.54, 1.807) is 25.1 Å². The standard InChI is InChI=1S/C16H20N2O5S/c1-11-9-13(17-23-11)14-5-4-8-18(14)24(19,20)16-10-12(21-2)6-7-15(16)22-3/h6-7,9-10,14H,4-5,8H2,1-3H3. The third-order valence-corrected chi connectivity index (χ3v) is 6.08. The number of hydrogen-bond donors (Lipinski definition) is 0. The molecule has 2 aromatic rings. The van der Waals surface area contributed by atoms with E-state index in [2.05, 4.69) is 5.16 Å². The van der Waals surface area contributed by atoms with Crippen molar-refractivity contribution in [2.75, 3.05) is 20.8 Å². The van der Waals surface area contributed by atoms with Crippen LogP contribution in [0.25, 0.3) is 0 Å². The fraction of sp³-hybridized carbons (Fsp3) is 0.438. The topological polar surface area (TPSA) is 81.9 Å². The smallest absolute Gasteiger partial charge is 0.247 e. The largest absolute Gasteiger partial charge is 0.497 e. The number of benzene rings is 1. The maximum atomic E-state index is 13.2. The quantitative estimate of drug-likeness (QED) is 0.822. The molecule has 1 aromatic carbocycles. The van der Waals surface area contributed by atoms with Crippen LogP contribution in [0.4, 0.5) is 0 Å². The maximum absolute atomic E-state index is 13.2. The fourth-order valence-corrected chi connectivity index (χ4v) is 4.82. The maximum Gasteiger partial charge on any atom is 0.247 e. The molecule has 1 aromatic heterocycles. The molecule has 0 saturated carbocycles. The van der Waals surface area contributed by atoms with E-state index in [4.69, 9.17) is 14.0 Å². The van der Waals surface area contributed by atoms with E-state index >= 15 is 0 Å². The van der Waals surface area contributed by atoms with Gasteiger partial charge < -0.3 is 14.0 Å². The van der Waals surface area contributed by atoms with Crippen molar-refractivity contribution in [2.24, 2.45) is 0 Å². The van der Waals surface area contributed by atoms with Crippen LogP contribution >= 0.6 is 0 Å². The Labute approximate surface area is 141 Å². The van der Waals surface area contributed by atoms with Gasteiger partial charge in [0.1, 0.15) is 27.8 Å². The van der Waals surface area contributed by atoms with Crippen molar-refractivity contribution < 1.29 is 22.4 Å². The predicted molar refractivity (Wildman–Crippen MR) is 86.7 cm³/mol. The Kier molecular flexibility index (Phi) is 4.51. The van der Waals surface area contributed by atoms with Crippen LogP contribution < -0.4 is 9.47 Å². The molecule has 0 spiro atoms. The molecular weight excluding hydrogens is 332 g/mol. The van der Waals surface area contributed by atoms with Crippen LogP contribution in [-0.4, -0.2) is 38.6 Å². The summed E-state index contributed by atoms with van der Waals surface area (Å²) < 4.78 is 43.4. The minimum atomic E-state index is -3.76. The highest BCUT2D eigenvalue weighted by Crippen LogP contribution is 2.39. The molecular formula is C16H20N2O5S. The SMILES string of the molecule is COc1ccc(OC)c(S(=O)(=O)N2CCCC2c2cc(C)on2)c1. The Balaban J connectivity index is 2.03. The van der Waals surface area contributed by atoms with Crippen molar-refractivity contribution in [3.05, 3.63) is 35.7 Å². The summed E-state index contributed by atoms with van der Waals surface area (Å²) in [5, 5.41) is 3.99. The summed E-state index contributed by atoms with van der Waals surface area (Å²) in [6.07, 6.45) is 1.47. The van der Waals surface area contributed by atoms with E-state index in [1.165, 1.54) is 24.6 Å². The number of aromatic nitrogens is 1. The lowest BCUT2D eigenvalue weighted by atomic mass is 10.1. The first-order chi connectivity index (χ1) is 11.5. The van der Waals surface area contributed by atoms with E-state index in [0.717, 1.165) is 6.42 Å². The molecule has 1 atom stereocenters. The van der Waals surface area contributed by atoms with Crippen LogP contribution in [0.15, 0.2) is 33.7 Å². The number of aryl methyl sites for hydroxylation is 1. The number of rotatable bonds is 5. The van der Waals surface area contributed by atoms with Crippen molar-refractivity contribution in [3.63, 3.8) is 0 Å². The number of nitrogens with zero attached hydrogens (tertiary/aromatic N) is 2. The van der Waals surface area contributed by atoms with Gasteiger partial charge in [-0.15, -0.1) is 0 Å². The van der Waals surface area contributed by atoms with Gasteiger partial charge in [-0.2, -0.15) is 4.31 Å². The van der Waals surface area contributed by atoms with Gasteiger partial charge in [-0.1, -0.05) is 5.16 Å². The molecule has 0 N–H and O–H groups in total. The second-order valence-electron chi connectivity index (χ2n) is 5.65. The van der Waals surface area contributed by atoms with Crippen LogP contribution in [0, 0.1) is 6.92 Å². The molecule has 3 rings (SSSR count). The van der Waals surface area contributed by atoms with Gasteiger partial charge >= 0.3 is 0 Å². The summed E-state index contributed by atoms with van der Waals surface area (Å²) in [6.45, 7) is 2.22. The van der Waals surface area contributed by atoms with Crippen molar-refractivity contribution in [2.45, 2.75) is 30.7 Å². The number of sulfonamides is 1. The van der Waals surface area contributed by atoms with Gasteiger partial charge in [0, 0.05) is 18.7 Å². The minimum absolute atomic E-state index is 0.0940. The third kappa shape index (κ3) is 2.87. The van der Waals surface area contributed by atoms with E-state index in [0.29, 0.717) is 30.2 Å². The molecule has 1 saturated heterocycles. The summed E-state index contributed by atoms with van der Waals surface area (Å²) >= 11 is 0. The molecule has 1 unspecified atom stereocenters. The van der Waals surface area contributed by atoms with Gasteiger partial charge in [-0.05, 0) is 31.9 Å². The second-order valence-corrected chi connectivity index (χ2v) is 7.51. The summed E-state index contributed by atoms with van der Waals surface area (Å²) in [6, 6.07) is 6.19. The number of ether oxygens (including phenoxy) is 2. The Morgan fingerprint density at radius 2 is 2.04 bits per heavy atom. The average molecular weight is 352 g/mol. The summed E-state index contributed by atoms with van der Waals surface area (Å²) in [4.78, 5) is 0.0940. The summed E-state index contributed by atoms with van der Waals surface area (Å²) in [5.41, 5.74) is 0.635. The number of methoxy groups -OCH3 is 2. The molecule has 2 heterocycles. The molecule has 7 nitrogen and oxygen atoms in total. The van der Waals surface area contributed by atoms with E-state index in [9.17, 15) is 8.42 Å². The molecule has 130 valence electrons. The van der Waals surface area contributed by atoms with Gasteiger partial charge in [-0.3, -0.25) is 0 Å². The Morgan fingerprint density at radius 1 is 1.25 bits per heavy atom. The first-order valence-corrected chi connectivity index (χ1v) is 9.08. The predicted octanol–water partition coefficient (Wildman–Crippen LogP) is 2.53. The van der Waals surface area contributed by atoms with Gasteiger partial charge in [0.25, 0.3) is 0 Å². The van der Waals surface area contributed by atoms with Gasteiger partial charge in [0.15, 0.2) is 0 Å². The fourth-order valence-electron chi connectivity index (χ4n) is 2.98. The van der Waals surface area contributed by atoms with Gasteiger partial charge in [0.05, 0.1) is 20.3 Å². The molecule has 0 bridgehead atoms. The Bertz CT molecular complexity index is 831. The van der Waals surface area contributed by atoms with Crippen molar-refractivity contribution in [3.8, 4) is 11.5 Å².